The maximum Gasteiger partial charge on any atom is 0.226 e. The lowest BCUT2D eigenvalue weighted by atomic mass is 9.78. The van der Waals surface area contributed by atoms with Crippen molar-refractivity contribution >= 4 is 5.57 Å². The van der Waals surface area contributed by atoms with Crippen molar-refractivity contribution in [3.8, 4) is 11.5 Å². The molecule has 4 nitrogen and oxygen atoms in total. The summed E-state index contributed by atoms with van der Waals surface area (Å²) >= 11 is 0. The van der Waals surface area contributed by atoms with Crippen molar-refractivity contribution in [3.63, 3.8) is 0 Å². The molecule has 0 spiro atoms. The molecule has 256 valence electrons. The van der Waals surface area contributed by atoms with Gasteiger partial charge in [-0.2, -0.15) is 0 Å². The lowest BCUT2D eigenvalue weighted by Gasteiger charge is -2.33. The van der Waals surface area contributed by atoms with Gasteiger partial charge >= 0.3 is 0 Å². The van der Waals surface area contributed by atoms with Crippen molar-refractivity contribution in [2.45, 2.75) is 135 Å². The van der Waals surface area contributed by atoms with E-state index in [9.17, 15) is 0 Å². The summed E-state index contributed by atoms with van der Waals surface area (Å²) in [5.74, 6) is 1.08. The van der Waals surface area contributed by atoms with E-state index in [1.54, 1.807) is 36.4 Å². The van der Waals surface area contributed by atoms with Crippen LogP contribution in [0.15, 0.2) is 66.8 Å². The fourth-order valence-corrected chi connectivity index (χ4v) is 5.77. The van der Waals surface area contributed by atoms with Crippen LogP contribution < -0.4 is 9.47 Å². The number of benzene rings is 2. The van der Waals surface area contributed by atoms with Crippen LogP contribution in [0.2, 0.25) is 0 Å². The molecule has 0 aromatic heterocycles. The zero-order chi connectivity index (χ0) is 33.0. The predicted molar refractivity (Wildman–Crippen MR) is 186 cm³/mol. The van der Waals surface area contributed by atoms with Crippen LogP contribution in [-0.4, -0.2) is 38.4 Å². The average Bonchev–Trinajstić information content (AvgIpc) is 3.07. The first kappa shape index (κ1) is 37.8. The molecule has 0 radical (unpaired) electrons. The lowest BCUT2D eigenvalue weighted by Crippen LogP contribution is -2.37. The molecular formula is C40H58F2O4. The van der Waals surface area contributed by atoms with Crippen LogP contribution in [0, 0.1) is 0 Å². The molecule has 0 aliphatic heterocycles. The van der Waals surface area contributed by atoms with Crippen LogP contribution in [-0.2, 0) is 15.1 Å². The molecule has 3 rings (SSSR count). The Morgan fingerprint density at radius 2 is 1.35 bits per heavy atom. The summed E-state index contributed by atoms with van der Waals surface area (Å²) in [6.45, 7) is 10.4. The standard InChI is InChI=1S/C40H58F2O4/c1-5-9-12-13-14-17-27-43-34-23-18-21-32(30-34)36-25-20-26-38(41)40(36,42)33-22-19-24-35(31-33)46-39(45-29-16-11-7-3)37(8-4)44-28-15-10-6-2/h18-26,30-31,37-39H,5-17,27-29H2,1-4H3/t37-,38?,39?,40?/m0/s1. The maximum absolute atomic E-state index is 17.3. The van der Waals surface area contributed by atoms with Gasteiger partial charge in [0.05, 0.1) is 13.2 Å². The van der Waals surface area contributed by atoms with Gasteiger partial charge < -0.3 is 18.9 Å². The van der Waals surface area contributed by atoms with Gasteiger partial charge in [0.15, 0.2) is 11.8 Å². The highest BCUT2D eigenvalue weighted by Gasteiger charge is 2.46. The minimum absolute atomic E-state index is 0.188. The van der Waals surface area contributed by atoms with Gasteiger partial charge in [-0.1, -0.05) is 122 Å². The van der Waals surface area contributed by atoms with Crippen LogP contribution >= 0.6 is 0 Å². The summed E-state index contributed by atoms with van der Waals surface area (Å²) in [5.41, 5.74) is -1.38. The van der Waals surface area contributed by atoms with E-state index < -0.39 is 18.1 Å². The van der Waals surface area contributed by atoms with Gasteiger partial charge in [0.25, 0.3) is 0 Å². The molecule has 2 aromatic rings. The van der Waals surface area contributed by atoms with E-state index in [4.69, 9.17) is 18.9 Å². The minimum Gasteiger partial charge on any atom is -0.494 e. The number of unbranched alkanes of at least 4 members (excludes halogenated alkanes) is 9. The topological polar surface area (TPSA) is 36.9 Å². The summed E-state index contributed by atoms with van der Waals surface area (Å²) in [7, 11) is 0. The van der Waals surface area contributed by atoms with Crippen LogP contribution in [0.3, 0.4) is 0 Å². The molecule has 0 amide bonds. The Hall–Kier alpha value is -2.70. The van der Waals surface area contributed by atoms with E-state index in [1.165, 1.54) is 31.8 Å². The molecule has 0 bridgehead atoms. The first-order valence-corrected chi connectivity index (χ1v) is 17.9. The summed E-state index contributed by atoms with van der Waals surface area (Å²) < 4.78 is 57.8. The van der Waals surface area contributed by atoms with E-state index in [2.05, 4.69) is 20.8 Å². The number of hydrogen-bond acceptors (Lipinski definition) is 4. The number of rotatable bonds is 24. The van der Waals surface area contributed by atoms with Gasteiger partial charge in [-0.15, -0.1) is 0 Å². The first-order valence-electron chi connectivity index (χ1n) is 17.9. The van der Waals surface area contributed by atoms with E-state index in [0.29, 0.717) is 43.3 Å². The maximum atomic E-state index is 17.3. The second kappa shape index (κ2) is 21.2. The number of ether oxygens (including phenoxy) is 4. The number of alkyl halides is 2. The summed E-state index contributed by atoms with van der Waals surface area (Å²) in [6, 6.07) is 14.0. The highest BCUT2D eigenvalue weighted by atomic mass is 19.2. The molecule has 0 fully saturated rings. The van der Waals surface area contributed by atoms with Gasteiger partial charge in [-0.05, 0) is 61.6 Å². The van der Waals surface area contributed by atoms with Gasteiger partial charge in [0.1, 0.15) is 17.6 Å². The molecule has 2 aromatic carbocycles. The van der Waals surface area contributed by atoms with Crippen molar-refractivity contribution < 1.29 is 27.7 Å². The molecule has 3 unspecified atom stereocenters. The summed E-state index contributed by atoms with van der Waals surface area (Å²) in [6.07, 6.45) is 15.7. The quantitative estimate of drug-likeness (QED) is 0.0845. The second-order valence-electron chi connectivity index (χ2n) is 12.3. The zero-order valence-electron chi connectivity index (χ0n) is 28.8. The van der Waals surface area contributed by atoms with E-state index in [1.807, 2.05) is 31.2 Å². The Bertz CT molecular complexity index is 1180. The molecule has 46 heavy (non-hydrogen) atoms. The first-order chi connectivity index (χ1) is 22.5. The highest BCUT2D eigenvalue weighted by Crippen LogP contribution is 2.47. The number of hydrogen-bond donors (Lipinski definition) is 0. The molecule has 1 aliphatic rings. The van der Waals surface area contributed by atoms with E-state index >= 15 is 8.78 Å². The second-order valence-corrected chi connectivity index (χ2v) is 12.3. The van der Waals surface area contributed by atoms with Crippen LogP contribution in [0.25, 0.3) is 5.57 Å². The molecule has 0 saturated carbocycles. The molecule has 0 heterocycles. The Morgan fingerprint density at radius 3 is 2.09 bits per heavy atom. The average molecular weight is 641 g/mol. The van der Waals surface area contributed by atoms with Gasteiger partial charge in [-0.25, -0.2) is 8.78 Å². The van der Waals surface area contributed by atoms with Crippen molar-refractivity contribution in [2.24, 2.45) is 0 Å². The van der Waals surface area contributed by atoms with Gasteiger partial charge in [0, 0.05) is 17.7 Å². The largest absolute Gasteiger partial charge is 0.494 e. The fraction of sp³-hybridized carbons (Fsp3) is 0.600. The Morgan fingerprint density at radius 1 is 0.717 bits per heavy atom. The number of allylic oxidation sites excluding steroid dienone is 4. The molecule has 0 N–H and O–H groups in total. The number of halogens is 2. The highest BCUT2D eigenvalue weighted by molar-refractivity contribution is 5.78. The smallest absolute Gasteiger partial charge is 0.226 e. The van der Waals surface area contributed by atoms with Gasteiger partial charge in [0.2, 0.25) is 6.29 Å². The normalized spacial score (nSPS) is 19.1. The SMILES string of the molecule is CCCCCCCCOc1cccc(C2=CC=CC(F)C2(F)c2cccc(OC(OCCCCC)[C@H](CC)OCCCCC)c2)c1. The van der Waals surface area contributed by atoms with Crippen LogP contribution in [0.5, 0.6) is 11.5 Å². The summed E-state index contributed by atoms with van der Waals surface area (Å²) in [4.78, 5) is 0. The van der Waals surface area contributed by atoms with Crippen molar-refractivity contribution in [1.82, 2.24) is 0 Å². The van der Waals surface area contributed by atoms with Crippen molar-refractivity contribution in [1.29, 1.82) is 0 Å². The van der Waals surface area contributed by atoms with Crippen molar-refractivity contribution in [3.05, 3.63) is 77.9 Å². The predicted octanol–water partition coefficient (Wildman–Crippen LogP) is 11.5. The van der Waals surface area contributed by atoms with Crippen LogP contribution in [0.4, 0.5) is 8.78 Å². The van der Waals surface area contributed by atoms with Crippen LogP contribution in [0.1, 0.15) is 122 Å². The lowest BCUT2D eigenvalue weighted by molar-refractivity contribution is -0.165. The minimum atomic E-state index is -2.41. The molecule has 6 heteroatoms. The third-order valence-corrected chi connectivity index (χ3v) is 8.55. The molecule has 4 atom stereocenters. The van der Waals surface area contributed by atoms with E-state index in [0.717, 1.165) is 51.4 Å². The monoisotopic (exact) mass is 640 g/mol. The summed E-state index contributed by atoms with van der Waals surface area (Å²) in [5, 5.41) is 0. The third-order valence-electron chi connectivity index (χ3n) is 8.55. The fourth-order valence-electron chi connectivity index (χ4n) is 5.77. The molecular weight excluding hydrogens is 582 g/mol. The third kappa shape index (κ3) is 11.5. The van der Waals surface area contributed by atoms with Gasteiger partial charge in [-0.3, -0.25) is 0 Å². The van der Waals surface area contributed by atoms with E-state index in [-0.39, 0.29) is 17.2 Å². The Kier molecular flexibility index (Phi) is 17.4. The van der Waals surface area contributed by atoms with Crippen molar-refractivity contribution in [2.75, 3.05) is 19.8 Å². The Labute approximate surface area is 277 Å². The Balaban J connectivity index is 1.79. The molecule has 1 aliphatic carbocycles. The zero-order valence-corrected chi connectivity index (χ0v) is 28.8. The molecule has 0 saturated heterocycles.